The molecule has 0 saturated carbocycles. The highest BCUT2D eigenvalue weighted by atomic mass is 32.2. The minimum Gasteiger partial charge on any atom is -0.459 e. The first-order valence-corrected chi connectivity index (χ1v) is 9.80. The van der Waals surface area contributed by atoms with Crippen molar-refractivity contribution >= 4 is 17.7 Å². The van der Waals surface area contributed by atoms with Crippen LogP contribution in [0.1, 0.15) is 35.4 Å². The SMILES string of the molecule is Cc1ccoc1C(=O)N1CC2(C[C@H](OCC3CCOCC3)CS2)C1. The van der Waals surface area contributed by atoms with Crippen molar-refractivity contribution in [3.8, 4) is 0 Å². The third-order valence-corrected chi connectivity index (χ3v) is 6.96. The summed E-state index contributed by atoms with van der Waals surface area (Å²) in [7, 11) is 0. The van der Waals surface area contributed by atoms with Crippen LogP contribution in [-0.4, -0.2) is 60.3 Å². The third kappa shape index (κ3) is 3.24. The second kappa shape index (κ2) is 6.73. The van der Waals surface area contributed by atoms with Gasteiger partial charge < -0.3 is 18.8 Å². The van der Waals surface area contributed by atoms with E-state index in [1.54, 1.807) is 6.26 Å². The lowest BCUT2D eigenvalue weighted by Crippen LogP contribution is -2.60. The van der Waals surface area contributed by atoms with Gasteiger partial charge in [0.15, 0.2) is 5.76 Å². The van der Waals surface area contributed by atoms with Gasteiger partial charge in [0.1, 0.15) is 0 Å². The number of thioether (sulfide) groups is 1. The van der Waals surface area contributed by atoms with Crippen LogP contribution in [0.15, 0.2) is 16.7 Å². The molecule has 132 valence electrons. The second-order valence-electron chi connectivity index (χ2n) is 7.30. The van der Waals surface area contributed by atoms with Crippen molar-refractivity contribution in [2.75, 3.05) is 38.7 Å². The number of ether oxygens (including phenoxy) is 2. The molecule has 3 aliphatic heterocycles. The summed E-state index contributed by atoms with van der Waals surface area (Å²) in [6.45, 7) is 6.15. The number of furan rings is 1. The van der Waals surface area contributed by atoms with E-state index in [0.717, 1.165) is 63.5 Å². The normalized spacial score (nSPS) is 26.7. The quantitative estimate of drug-likeness (QED) is 0.835. The zero-order valence-electron chi connectivity index (χ0n) is 14.2. The molecule has 5 nitrogen and oxygen atoms in total. The summed E-state index contributed by atoms with van der Waals surface area (Å²) in [5.74, 6) is 2.21. The number of aryl methyl sites for hydroxylation is 1. The fraction of sp³-hybridized carbons (Fsp3) is 0.722. The molecule has 4 heterocycles. The summed E-state index contributed by atoms with van der Waals surface area (Å²) in [5.41, 5.74) is 0.915. The van der Waals surface area contributed by atoms with Crippen LogP contribution in [0.3, 0.4) is 0 Å². The highest BCUT2D eigenvalue weighted by molar-refractivity contribution is 8.01. The number of rotatable bonds is 4. The Morgan fingerprint density at radius 3 is 2.92 bits per heavy atom. The molecule has 0 N–H and O–H groups in total. The number of likely N-dealkylation sites (tertiary alicyclic amines) is 1. The largest absolute Gasteiger partial charge is 0.459 e. The molecule has 0 aliphatic carbocycles. The Hall–Kier alpha value is -0.980. The van der Waals surface area contributed by atoms with Crippen LogP contribution in [-0.2, 0) is 9.47 Å². The first-order chi connectivity index (χ1) is 11.7. The smallest absolute Gasteiger partial charge is 0.289 e. The number of nitrogens with zero attached hydrogens (tertiary/aromatic N) is 1. The molecule has 3 fully saturated rings. The van der Waals surface area contributed by atoms with Gasteiger partial charge in [0, 0.05) is 44.2 Å². The van der Waals surface area contributed by atoms with Crippen molar-refractivity contribution in [2.24, 2.45) is 5.92 Å². The average Bonchev–Trinajstić information content (AvgIpc) is 3.18. The maximum atomic E-state index is 12.4. The molecular formula is C18H25NO4S. The van der Waals surface area contributed by atoms with Crippen molar-refractivity contribution in [1.29, 1.82) is 0 Å². The van der Waals surface area contributed by atoms with Gasteiger partial charge in [-0.15, -0.1) is 11.8 Å². The molecule has 3 saturated heterocycles. The minimum atomic E-state index is 0.0234. The number of hydrogen-bond donors (Lipinski definition) is 0. The molecule has 0 unspecified atom stereocenters. The Labute approximate surface area is 147 Å². The fourth-order valence-corrected chi connectivity index (χ4v) is 5.40. The van der Waals surface area contributed by atoms with E-state index in [4.69, 9.17) is 13.9 Å². The van der Waals surface area contributed by atoms with Crippen LogP contribution in [0.4, 0.5) is 0 Å². The average molecular weight is 351 g/mol. The summed E-state index contributed by atoms with van der Waals surface area (Å²) in [6.07, 6.45) is 5.22. The molecule has 0 radical (unpaired) electrons. The zero-order valence-corrected chi connectivity index (χ0v) is 15.0. The molecule has 0 aromatic carbocycles. The van der Waals surface area contributed by atoms with Gasteiger partial charge >= 0.3 is 0 Å². The van der Waals surface area contributed by atoms with Gasteiger partial charge in [0.25, 0.3) is 5.91 Å². The summed E-state index contributed by atoms with van der Waals surface area (Å²) in [6, 6.07) is 1.84. The number of carbonyl (C=O) groups excluding carboxylic acids is 1. The lowest BCUT2D eigenvalue weighted by atomic mass is 9.92. The van der Waals surface area contributed by atoms with Gasteiger partial charge in [-0.25, -0.2) is 0 Å². The lowest BCUT2D eigenvalue weighted by molar-refractivity contribution is -0.0120. The van der Waals surface area contributed by atoms with Crippen molar-refractivity contribution in [2.45, 2.75) is 37.0 Å². The molecule has 0 bridgehead atoms. The van der Waals surface area contributed by atoms with E-state index in [1.165, 1.54) is 0 Å². The number of carbonyl (C=O) groups is 1. The standard InChI is InChI=1S/C18H25NO4S/c1-13-2-7-22-16(13)17(20)19-11-18(12-19)8-15(10-24-18)23-9-14-3-5-21-6-4-14/h2,7,14-15H,3-6,8-12H2,1H3/t15-/m0/s1. The molecule has 1 aromatic rings. The van der Waals surface area contributed by atoms with Crippen LogP contribution in [0, 0.1) is 12.8 Å². The molecule has 1 aromatic heterocycles. The van der Waals surface area contributed by atoms with Crippen molar-refractivity contribution in [1.82, 2.24) is 4.90 Å². The van der Waals surface area contributed by atoms with Gasteiger partial charge in [-0.3, -0.25) is 4.79 Å². The van der Waals surface area contributed by atoms with Crippen LogP contribution in [0.2, 0.25) is 0 Å². The van der Waals surface area contributed by atoms with Gasteiger partial charge in [-0.05, 0) is 38.2 Å². The van der Waals surface area contributed by atoms with Crippen molar-refractivity contribution in [3.05, 3.63) is 23.7 Å². The fourth-order valence-electron chi connectivity index (χ4n) is 3.84. The molecule has 3 aliphatic rings. The Bertz CT molecular complexity index is 590. The van der Waals surface area contributed by atoms with Crippen LogP contribution >= 0.6 is 11.8 Å². The van der Waals surface area contributed by atoms with E-state index in [0.29, 0.717) is 17.8 Å². The minimum absolute atomic E-state index is 0.0234. The maximum absolute atomic E-state index is 12.4. The molecule has 24 heavy (non-hydrogen) atoms. The Morgan fingerprint density at radius 1 is 1.42 bits per heavy atom. The highest BCUT2D eigenvalue weighted by Gasteiger charge is 2.51. The molecule has 4 rings (SSSR count). The van der Waals surface area contributed by atoms with Crippen molar-refractivity contribution in [3.63, 3.8) is 0 Å². The monoisotopic (exact) mass is 351 g/mol. The second-order valence-corrected chi connectivity index (χ2v) is 8.79. The predicted molar refractivity (Wildman–Crippen MR) is 92.4 cm³/mol. The van der Waals surface area contributed by atoms with Gasteiger partial charge in [0.05, 0.1) is 17.1 Å². The molecule has 6 heteroatoms. The van der Waals surface area contributed by atoms with E-state index < -0.39 is 0 Å². The lowest BCUT2D eigenvalue weighted by Gasteiger charge is -2.47. The van der Waals surface area contributed by atoms with Crippen LogP contribution in [0.25, 0.3) is 0 Å². The van der Waals surface area contributed by atoms with Gasteiger partial charge in [-0.1, -0.05) is 0 Å². The Morgan fingerprint density at radius 2 is 2.21 bits per heavy atom. The molecular weight excluding hydrogens is 326 g/mol. The summed E-state index contributed by atoms with van der Waals surface area (Å²) < 4.78 is 17.1. The highest BCUT2D eigenvalue weighted by Crippen LogP contribution is 2.46. The van der Waals surface area contributed by atoms with Crippen LogP contribution < -0.4 is 0 Å². The first-order valence-electron chi connectivity index (χ1n) is 8.82. The third-order valence-electron chi connectivity index (χ3n) is 5.39. The van der Waals surface area contributed by atoms with E-state index in [-0.39, 0.29) is 10.7 Å². The summed E-state index contributed by atoms with van der Waals surface area (Å²) >= 11 is 1.97. The maximum Gasteiger partial charge on any atom is 0.289 e. The van der Waals surface area contributed by atoms with Gasteiger partial charge in [-0.2, -0.15) is 0 Å². The topological polar surface area (TPSA) is 51.9 Å². The Kier molecular flexibility index (Phi) is 4.62. The Balaban J connectivity index is 1.24. The predicted octanol–water partition coefficient (Wildman–Crippen LogP) is 2.73. The zero-order chi connectivity index (χ0) is 16.6. The van der Waals surface area contributed by atoms with Crippen LogP contribution in [0.5, 0.6) is 0 Å². The molecule has 1 spiro atoms. The van der Waals surface area contributed by atoms with E-state index in [2.05, 4.69) is 0 Å². The van der Waals surface area contributed by atoms with E-state index >= 15 is 0 Å². The number of amides is 1. The molecule has 1 atom stereocenters. The first kappa shape index (κ1) is 16.5. The van der Waals surface area contributed by atoms with E-state index in [9.17, 15) is 4.79 Å². The summed E-state index contributed by atoms with van der Waals surface area (Å²) in [5, 5.41) is 0. The number of hydrogen-bond acceptors (Lipinski definition) is 5. The molecule has 1 amide bonds. The van der Waals surface area contributed by atoms with Crippen molar-refractivity contribution < 1.29 is 18.7 Å². The summed E-state index contributed by atoms with van der Waals surface area (Å²) in [4.78, 5) is 14.3. The van der Waals surface area contributed by atoms with Gasteiger partial charge in [0.2, 0.25) is 0 Å². The van der Waals surface area contributed by atoms with E-state index in [1.807, 2.05) is 29.7 Å².